The van der Waals surface area contributed by atoms with Gasteiger partial charge < -0.3 is 20.6 Å². The van der Waals surface area contributed by atoms with Gasteiger partial charge in [-0.3, -0.25) is 14.4 Å². The van der Waals surface area contributed by atoms with Gasteiger partial charge in [-0.1, -0.05) is 18.6 Å². The summed E-state index contributed by atoms with van der Waals surface area (Å²) in [5.74, 6) is -0.768. The van der Waals surface area contributed by atoms with Crippen LogP contribution in [0.2, 0.25) is 0 Å². The van der Waals surface area contributed by atoms with Crippen molar-refractivity contribution in [3.05, 3.63) is 81.1 Å². The van der Waals surface area contributed by atoms with Gasteiger partial charge in [-0.2, -0.15) is 0 Å². The first-order valence-corrected chi connectivity index (χ1v) is 13.7. The number of rotatable bonds is 5. The summed E-state index contributed by atoms with van der Waals surface area (Å²) >= 11 is 0. The van der Waals surface area contributed by atoms with Gasteiger partial charge in [0.2, 0.25) is 0 Å². The van der Waals surface area contributed by atoms with Gasteiger partial charge in [-0.25, -0.2) is 13.4 Å². The maximum atomic E-state index is 13.6. The Hall–Kier alpha value is -4.25. The first-order valence-electron chi connectivity index (χ1n) is 11.9. The highest BCUT2D eigenvalue weighted by atomic mass is 32.2. The summed E-state index contributed by atoms with van der Waals surface area (Å²) in [5, 5.41) is 7.91. The molecule has 1 atom stereocenters. The zero-order chi connectivity index (χ0) is 25.7. The first-order chi connectivity index (χ1) is 17.8. The molecule has 4 aromatic rings. The van der Waals surface area contributed by atoms with E-state index in [2.05, 4.69) is 25.6 Å². The van der Waals surface area contributed by atoms with Gasteiger partial charge in [0, 0.05) is 17.0 Å². The molecule has 0 saturated heterocycles. The van der Waals surface area contributed by atoms with Crippen molar-refractivity contribution in [2.24, 2.45) is 0 Å². The van der Waals surface area contributed by atoms with Gasteiger partial charge in [0.1, 0.15) is 17.0 Å². The SMILES string of the molecule is O=C(N[C@@H]1C=CS(=O)(=O)C1)c1cc2ccc(C3CCC3)c(C(=O)Nc3ccc4cc[nH]c4n3)c2[nH]c1=O. The molecule has 1 saturated carbocycles. The summed E-state index contributed by atoms with van der Waals surface area (Å²) in [6, 6.07) is 9.83. The number of aromatic amines is 2. The molecule has 1 fully saturated rings. The second-order valence-electron chi connectivity index (χ2n) is 9.44. The molecule has 0 bridgehead atoms. The molecule has 0 radical (unpaired) electrons. The molecule has 0 unspecified atom stereocenters. The topological polar surface area (TPSA) is 154 Å². The van der Waals surface area contributed by atoms with E-state index >= 15 is 0 Å². The Morgan fingerprint density at radius 1 is 1.03 bits per heavy atom. The van der Waals surface area contributed by atoms with Crippen LogP contribution in [0, 0.1) is 0 Å². The summed E-state index contributed by atoms with van der Waals surface area (Å²) in [6.45, 7) is 0. The van der Waals surface area contributed by atoms with Crippen molar-refractivity contribution in [1.29, 1.82) is 0 Å². The highest BCUT2D eigenvalue weighted by Crippen LogP contribution is 2.40. The summed E-state index contributed by atoms with van der Waals surface area (Å²) in [4.78, 5) is 49.6. The minimum atomic E-state index is -3.36. The standard InChI is InChI=1S/C26H23N5O5S/c32-24(28-17-9-11-37(35,36)13-17)19-12-16-4-6-18(14-2-1-3-14)21(22(16)31-25(19)33)26(34)30-20-7-5-15-8-10-27-23(15)29-20/h4-12,14,17H,1-3,13H2,(H,28,32)(H,31,33)(H2,27,29,30,34)/t17-/m1/s1. The molecule has 1 aromatic carbocycles. The minimum Gasteiger partial charge on any atom is -0.346 e. The first kappa shape index (κ1) is 23.2. The Morgan fingerprint density at radius 3 is 2.57 bits per heavy atom. The Labute approximate surface area is 211 Å². The van der Waals surface area contributed by atoms with Crippen molar-refractivity contribution < 1.29 is 18.0 Å². The lowest BCUT2D eigenvalue weighted by molar-refractivity contribution is 0.0945. The maximum absolute atomic E-state index is 13.6. The zero-order valence-electron chi connectivity index (χ0n) is 19.6. The van der Waals surface area contributed by atoms with Crippen LogP contribution in [-0.4, -0.2) is 47.0 Å². The Bertz CT molecular complexity index is 1780. The molecule has 1 aliphatic heterocycles. The third-order valence-electron chi connectivity index (χ3n) is 6.97. The van der Waals surface area contributed by atoms with E-state index in [-0.39, 0.29) is 17.2 Å². The van der Waals surface area contributed by atoms with Crippen LogP contribution in [0.15, 0.2) is 58.9 Å². The number of H-pyrrole nitrogens is 2. The van der Waals surface area contributed by atoms with Crippen molar-refractivity contribution in [3.8, 4) is 0 Å². The molecule has 4 N–H and O–H groups in total. The number of hydrogen-bond donors (Lipinski definition) is 4. The highest BCUT2D eigenvalue weighted by Gasteiger charge is 2.28. The van der Waals surface area contributed by atoms with Gasteiger partial charge in [0.15, 0.2) is 9.84 Å². The lowest BCUT2D eigenvalue weighted by Gasteiger charge is -2.28. The molecule has 11 heteroatoms. The van der Waals surface area contributed by atoms with Crippen LogP contribution in [-0.2, 0) is 9.84 Å². The largest absolute Gasteiger partial charge is 0.346 e. The van der Waals surface area contributed by atoms with Crippen LogP contribution >= 0.6 is 0 Å². The van der Waals surface area contributed by atoms with Gasteiger partial charge >= 0.3 is 0 Å². The summed E-state index contributed by atoms with van der Waals surface area (Å²) in [5.41, 5.74) is 1.35. The van der Waals surface area contributed by atoms with E-state index in [9.17, 15) is 22.8 Å². The van der Waals surface area contributed by atoms with Crippen molar-refractivity contribution in [1.82, 2.24) is 20.3 Å². The smallest absolute Gasteiger partial charge is 0.261 e. The van der Waals surface area contributed by atoms with Crippen LogP contribution in [0.3, 0.4) is 0 Å². The molecule has 10 nitrogen and oxygen atoms in total. The monoisotopic (exact) mass is 517 g/mol. The van der Waals surface area contributed by atoms with Gasteiger partial charge in [0.25, 0.3) is 17.4 Å². The second kappa shape index (κ2) is 8.70. The number of fused-ring (bicyclic) bond motifs is 2. The van der Waals surface area contributed by atoms with Crippen molar-refractivity contribution in [3.63, 3.8) is 0 Å². The van der Waals surface area contributed by atoms with E-state index in [1.54, 1.807) is 18.3 Å². The summed E-state index contributed by atoms with van der Waals surface area (Å²) < 4.78 is 23.3. The molecule has 4 heterocycles. The number of carbonyl (C=O) groups is 2. The normalized spacial score (nSPS) is 18.6. The van der Waals surface area contributed by atoms with E-state index in [4.69, 9.17) is 0 Å². The molecular weight excluding hydrogens is 494 g/mol. The van der Waals surface area contributed by atoms with Gasteiger partial charge in [-0.15, -0.1) is 0 Å². The summed E-state index contributed by atoms with van der Waals surface area (Å²) in [7, 11) is -3.36. The Kier molecular flexibility index (Phi) is 5.45. The number of amides is 2. The zero-order valence-corrected chi connectivity index (χ0v) is 20.4. The average Bonchev–Trinajstić information content (AvgIpc) is 3.42. The van der Waals surface area contributed by atoms with E-state index in [0.717, 1.165) is 35.6 Å². The van der Waals surface area contributed by atoms with E-state index < -0.39 is 33.3 Å². The number of anilines is 1. The minimum absolute atomic E-state index is 0.160. The van der Waals surface area contributed by atoms with E-state index in [0.29, 0.717) is 27.9 Å². The second-order valence-corrected chi connectivity index (χ2v) is 11.4. The van der Waals surface area contributed by atoms with Crippen LogP contribution in [0.4, 0.5) is 5.82 Å². The lowest BCUT2D eigenvalue weighted by atomic mass is 9.77. The third-order valence-corrected chi connectivity index (χ3v) is 8.36. The molecular formula is C26H23N5O5S. The molecule has 2 aliphatic rings. The molecule has 37 heavy (non-hydrogen) atoms. The van der Waals surface area contributed by atoms with Crippen molar-refractivity contribution in [2.75, 3.05) is 11.1 Å². The van der Waals surface area contributed by atoms with Crippen LogP contribution < -0.4 is 16.2 Å². The number of nitrogens with zero attached hydrogens (tertiary/aromatic N) is 1. The predicted molar refractivity (Wildman–Crippen MR) is 139 cm³/mol. The third kappa shape index (κ3) is 4.31. The number of hydrogen-bond acceptors (Lipinski definition) is 6. The fraction of sp³-hybridized carbons (Fsp3) is 0.231. The fourth-order valence-electron chi connectivity index (χ4n) is 4.86. The predicted octanol–water partition coefficient (Wildman–Crippen LogP) is 2.96. The van der Waals surface area contributed by atoms with Crippen molar-refractivity contribution >= 4 is 49.4 Å². The van der Waals surface area contributed by atoms with Gasteiger partial charge in [0.05, 0.1) is 22.9 Å². The fourth-order valence-corrected chi connectivity index (χ4v) is 6.09. The number of carbonyl (C=O) groups excluding carboxylic acids is 2. The number of benzene rings is 1. The number of nitrogens with one attached hydrogen (secondary N) is 4. The molecule has 1 aliphatic carbocycles. The Morgan fingerprint density at radius 2 is 1.84 bits per heavy atom. The molecule has 0 spiro atoms. The molecule has 2 amide bonds. The van der Waals surface area contributed by atoms with E-state index in [1.807, 2.05) is 18.2 Å². The van der Waals surface area contributed by atoms with E-state index in [1.165, 1.54) is 12.1 Å². The maximum Gasteiger partial charge on any atom is 0.261 e. The average molecular weight is 518 g/mol. The molecule has 188 valence electrons. The lowest BCUT2D eigenvalue weighted by Crippen LogP contribution is -2.38. The molecule has 6 rings (SSSR count). The van der Waals surface area contributed by atoms with Crippen LogP contribution in [0.1, 0.15) is 51.5 Å². The number of pyridine rings is 2. The molecule has 3 aromatic heterocycles. The number of sulfone groups is 1. The summed E-state index contributed by atoms with van der Waals surface area (Å²) in [6.07, 6.45) is 6.11. The van der Waals surface area contributed by atoms with Crippen LogP contribution in [0.25, 0.3) is 21.9 Å². The quantitative estimate of drug-likeness (QED) is 0.319. The van der Waals surface area contributed by atoms with Crippen LogP contribution in [0.5, 0.6) is 0 Å². The highest BCUT2D eigenvalue weighted by molar-refractivity contribution is 7.94. The van der Waals surface area contributed by atoms with Crippen molar-refractivity contribution in [2.45, 2.75) is 31.2 Å². The van der Waals surface area contributed by atoms with Gasteiger partial charge in [-0.05, 0) is 60.1 Å². The Balaban J connectivity index is 1.37. The number of aromatic nitrogens is 3.